The topological polar surface area (TPSA) is 73.9 Å². The predicted octanol–water partition coefficient (Wildman–Crippen LogP) is 0.970. The molecule has 1 aromatic rings. The second kappa shape index (κ2) is 6.14. The summed E-state index contributed by atoms with van der Waals surface area (Å²) in [6.07, 6.45) is 3.78. The van der Waals surface area contributed by atoms with Crippen molar-refractivity contribution in [2.24, 2.45) is 0 Å². The number of hydrogen-bond acceptors (Lipinski definition) is 4. The number of likely N-dealkylation sites (tertiary alicyclic amines) is 1. The molecule has 2 atom stereocenters. The maximum Gasteiger partial charge on any atom is 0.291 e. The van der Waals surface area contributed by atoms with Crippen LogP contribution in [0.15, 0.2) is 0 Å². The van der Waals surface area contributed by atoms with Gasteiger partial charge in [-0.1, -0.05) is 6.92 Å². The molecule has 2 rings (SSSR count). The van der Waals surface area contributed by atoms with E-state index in [9.17, 15) is 4.79 Å². The molecule has 106 valence electrons. The third-order valence-corrected chi connectivity index (χ3v) is 3.77. The Labute approximate surface area is 114 Å². The number of nitrogens with zero attached hydrogens (tertiary/aromatic N) is 3. The summed E-state index contributed by atoms with van der Waals surface area (Å²) in [5.41, 5.74) is 0. The van der Waals surface area contributed by atoms with Gasteiger partial charge in [0.2, 0.25) is 5.82 Å². The van der Waals surface area contributed by atoms with Gasteiger partial charge < -0.3 is 10.2 Å². The van der Waals surface area contributed by atoms with Crippen molar-refractivity contribution in [3.8, 4) is 0 Å². The van der Waals surface area contributed by atoms with Gasteiger partial charge in [0.25, 0.3) is 5.91 Å². The van der Waals surface area contributed by atoms with Crippen LogP contribution in [-0.2, 0) is 6.42 Å². The molecule has 2 N–H and O–H groups in total. The molecular weight excluding hydrogens is 242 g/mol. The Kier molecular flexibility index (Phi) is 4.52. The number of carbonyl (C=O) groups is 1. The van der Waals surface area contributed by atoms with Gasteiger partial charge in [0.15, 0.2) is 0 Å². The van der Waals surface area contributed by atoms with Crippen LogP contribution in [0.25, 0.3) is 0 Å². The quantitative estimate of drug-likeness (QED) is 0.850. The minimum absolute atomic E-state index is 0.166. The van der Waals surface area contributed by atoms with Crippen molar-refractivity contribution in [1.29, 1.82) is 0 Å². The average Bonchev–Trinajstić information content (AvgIpc) is 2.83. The first-order chi connectivity index (χ1) is 9.10. The standard InChI is InChI=1S/C13H23N5O/c1-4-5-11-15-12(17-16-11)13(19)14-10-6-7-18(3)9(2)8-10/h9-10H,4-8H2,1-3H3,(H,14,19)(H,15,16,17). The van der Waals surface area contributed by atoms with E-state index in [1.54, 1.807) is 0 Å². The Morgan fingerprint density at radius 3 is 3.05 bits per heavy atom. The van der Waals surface area contributed by atoms with Crippen molar-refractivity contribution in [2.45, 2.75) is 51.6 Å². The van der Waals surface area contributed by atoms with E-state index in [0.29, 0.717) is 6.04 Å². The molecule has 0 aromatic carbocycles. The smallest absolute Gasteiger partial charge is 0.291 e. The molecule has 1 aliphatic rings. The lowest BCUT2D eigenvalue weighted by Crippen LogP contribution is -2.47. The number of aromatic nitrogens is 3. The van der Waals surface area contributed by atoms with E-state index in [4.69, 9.17) is 0 Å². The Morgan fingerprint density at radius 1 is 1.58 bits per heavy atom. The average molecular weight is 265 g/mol. The Morgan fingerprint density at radius 2 is 2.37 bits per heavy atom. The first-order valence-corrected chi connectivity index (χ1v) is 7.02. The van der Waals surface area contributed by atoms with E-state index in [1.807, 2.05) is 0 Å². The van der Waals surface area contributed by atoms with Gasteiger partial charge in [-0.25, -0.2) is 4.98 Å². The summed E-state index contributed by atoms with van der Waals surface area (Å²) in [6.45, 7) is 5.27. The molecule has 2 unspecified atom stereocenters. The van der Waals surface area contributed by atoms with E-state index in [0.717, 1.165) is 38.1 Å². The number of rotatable bonds is 4. The van der Waals surface area contributed by atoms with Crippen molar-refractivity contribution in [1.82, 2.24) is 25.4 Å². The molecule has 1 saturated heterocycles. The molecule has 6 nitrogen and oxygen atoms in total. The fraction of sp³-hybridized carbons (Fsp3) is 0.769. The van der Waals surface area contributed by atoms with E-state index in [1.165, 1.54) is 0 Å². The second-order valence-corrected chi connectivity index (χ2v) is 5.38. The number of hydrogen-bond donors (Lipinski definition) is 2. The van der Waals surface area contributed by atoms with Gasteiger partial charge in [0.1, 0.15) is 5.82 Å². The van der Waals surface area contributed by atoms with Gasteiger partial charge in [0, 0.05) is 25.0 Å². The highest BCUT2D eigenvalue weighted by Crippen LogP contribution is 2.15. The summed E-state index contributed by atoms with van der Waals surface area (Å²) in [5, 5.41) is 9.82. The van der Waals surface area contributed by atoms with Gasteiger partial charge in [-0.3, -0.25) is 9.89 Å². The minimum atomic E-state index is -0.166. The number of H-pyrrole nitrogens is 1. The van der Waals surface area contributed by atoms with E-state index < -0.39 is 0 Å². The predicted molar refractivity (Wildman–Crippen MR) is 73.0 cm³/mol. The van der Waals surface area contributed by atoms with Crippen LogP contribution in [-0.4, -0.2) is 51.7 Å². The number of aromatic amines is 1. The summed E-state index contributed by atoms with van der Waals surface area (Å²) >= 11 is 0. The molecule has 6 heteroatoms. The maximum atomic E-state index is 12.0. The number of nitrogens with one attached hydrogen (secondary N) is 2. The first-order valence-electron chi connectivity index (χ1n) is 7.02. The first kappa shape index (κ1) is 14.0. The highest BCUT2D eigenvalue weighted by Gasteiger charge is 2.25. The van der Waals surface area contributed by atoms with Crippen LogP contribution in [0.1, 0.15) is 49.6 Å². The molecule has 0 saturated carbocycles. The van der Waals surface area contributed by atoms with Gasteiger partial charge >= 0.3 is 0 Å². The zero-order chi connectivity index (χ0) is 13.8. The second-order valence-electron chi connectivity index (χ2n) is 5.38. The number of amides is 1. The molecule has 2 heterocycles. The van der Waals surface area contributed by atoms with Crippen molar-refractivity contribution in [2.75, 3.05) is 13.6 Å². The zero-order valence-corrected chi connectivity index (χ0v) is 11.9. The van der Waals surface area contributed by atoms with Crippen LogP contribution in [0.5, 0.6) is 0 Å². The number of carbonyl (C=O) groups excluding carboxylic acids is 1. The third kappa shape index (κ3) is 3.53. The Bertz CT molecular complexity index is 430. The third-order valence-electron chi connectivity index (χ3n) is 3.77. The summed E-state index contributed by atoms with van der Waals surface area (Å²) in [4.78, 5) is 18.6. The van der Waals surface area contributed by atoms with Crippen LogP contribution < -0.4 is 5.32 Å². The van der Waals surface area contributed by atoms with E-state index in [-0.39, 0.29) is 17.8 Å². The fourth-order valence-corrected chi connectivity index (χ4v) is 2.42. The molecule has 1 amide bonds. The highest BCUT2D eigenvalue weighted by atomic mass is 16.2. The van der Waals surface area contributed by atoms with Crippen LogP contribution in [0.2, 0.25) is 0 Å². The molecule has 0 radical (unpaired) electrons. The minimum Gasteiger partial charge on any atom is -0.346 e. The monoisotopic (exact) mass is 265 g/mol. The lowest BCUT2D eigenvalue weighted by Gasteiger charge is -2.35. The normalized spacial score (nSPS) is 24.4. The zero-order valence-electron chi connectivity index (χ0n) is 11.9. The van der Waals surface area contributed by atoms with Crippen molar-refractivity contribution >= 4 is 5.91 Å². The lowest BCUT2D eigenvalue weighted by molar-refractivity contribution is 0.0886. The van der Waals surface area contributed by atoms with Crippen molar-refractivity contribution in [3.05, 3.63) is 11.6 Å². The summed E-state index contributed by atoms with van der Waals surface area (Å²) in [5.74, 6) is 0.875. The Balaban J connectivity index is 1.89. The Hall–Kier alpha value is -1.43. The highest BCUT2D eigenvalue weighted by molar-refractivity contribution is 5.90. The molecule has 0 bridgehead atoms. The molecular formula is C13H23N5O. The van der Waals surface area contributed by atoms with E-state index >= 15 is 0 Å². The molecule has 1 aliphatic heterocycles. The molecule has 1 fully saturated rings. The lowest BCUT2D eigenvalue weighted by atomic mass is 9.99. The van der Waals surface area contributed by atoms with Gasteiger partial charge in [0.05, 0.1) is 0 Å². The largest absolute Gasteiger partial charge is 0.346 e. The van der Waals surface area contributed by atoms with Crippen LogP contribution in [0.4, 0.5) is 0 Å². The van der Waals surface area contributed by atoms with Crippen LogP contribution >= 0.6 is 0 Å². The van der Waals surface area contributed by atoms with Crippen molar-refractivity contribution in [3.63, 3.8) is 0 Å². The number of aryl methyl sites for hydroxylation is 1. The van der Waals surface area contributed by atoms with Gasteiger partial charge in [-0.05, 0) is 33.2 Å². The molecule has 1 aromatic heterocycles. The summed E-state index contributed by atoms with van der Waals surface area (Å²) in [7, 11) is 2.12. The molecule has 0 spiro atoms. The van der Waals surface area contributed by atoms with E-state index in [2.05, 4.69) is 46.3 Å². The fourth-order valence-electron chi connectivity index (χ4n) is 2.42. The van der Waals surface area contributed by atoms with Gasteiger partial charge in [-0.15, -0.1) is 5.10 Å². The van der Waals surface area contributed by atoms with Crippen molar-refractivity contribution < 1.29 is 4.79 Å². The molecule has 0 aliphatic carbocycles. The number of piperidine rings is 1. The maximum absolute atomic E-state index is 12.0. The summed E-state index contributed by atoms with van der Waals surface area (Å²) < 4.78 is 0. The van der Waals surface area contributed by atoms with Gasteiger partial charge in [-0.2, -0.15) is 0 Å². The van der Waals surface area contributed by atoms with Crippen LogP contribution in [0, 0.1) is 0 Å². The summed E-state index contributed by atoms with van der Waals surface area (Å²) in [6, 6.07) is 0.730. The molecule has 19 heavy (non-hydrogen) atoms. The van der Waals surface area contributed by atoms with Crippen LogP contribution in [0.3, 0.4) is 0 Å². The SMILES string of the molecule is CCCc1nc(C(=O)NC2CCN(C)C(C)C2)n[nH]1.